The predicted molar refractivity (Wildman–Crippen MR) is 334 cm³/mol. The van der Waals surface area contributed by atoms with Crippen molar-refractivity contribution in [3.05, 3.63) is 72.9 Å². The number of carbonyl (C=O) groups is 3. The molecule has 0 saturated heterocycles. The average Bonchev–Trinajstić information content (AvgIpc) is 3.40. The van der Waals surface area contributed by atoms with Gasteiger partial charge < -0.3 is 0 Å². The molecular weight excluding hydrogens is 1080 g/mol. The number of ether oxygens (including phenoxy) is 3. The Morgan fingerprint density at radius 2 is 0.554 bits per heavy atom. The van der Waals surface area contributed by atoms with Gasteiger partial charge in [0.25, 0.3) is 0 Å². The van der Waals surface area contributed by atoms with Crippen molar-refractivity contribution in [2.75, 3.05) is 37.1 Å². The Kier molecular flexibility index (Phi) is 59.8. The van der Waals surface area contributed by atoms with Crippen LogP contribution < -0.4 is 0 Å². The fraction of sp³-hybridized carbons (Fsp3) is 0.766. The fourth-order valence-electron chi connectivity index (χ4n) is 8.25. The van der Waals surface area contributed by atoms with Crippen LogP contribution in [0.2, 0.25) is 4.44 Å². The van der Waals surface area contributed by atoms with Crippen LogP contribution in [-0.2, 0) is 28.6 Å². The molecule has 0 atom stereocenters. The topological polar surface area (TPSA) is 78.9 Å². The van der Waals surface area contributed by atoms with Crippen LogP contribution in [0.15, 0.2) is 72.9 Å². The number of hydrogen-bond acceptors (Lipinski definition) is 9. The van der Waals surface area contributed by atoms with Gasteiger partial charge in [0.15, 0.2) is 0 Å². The molecule has 0 heterocycles. The Morgan fingerprint density at radius 1 is 0.311 bits per heavy atom. The first kappa shape index (κ1) is 72.7. The molecule has 428 valence electrons. The third-order valence-electron chi connectivity index (χ3n) is 12.8. The molecule has 0 aromatic heterocycles. The Labute approximate surface area is 470 Å². The van der Waals surface area contributed by atoms with Crippen LogP contribution in [0.25, 0.3) is 0 Å². The molecule has 0 aliphatic heterocycles. The molecule has 0 spiro atoms. The molecule has 0 aromatic rings. The van der Waals surface area contributed by atoms with Crippen LogP contribution in [0.5, 0.6) is 0 Å². The van der Waals surface area contributed by atoms with Gasteiger partial charge in [0.05, 0.1) is 0 Å². The molecule has 0 radical (unpaired) electrons. The van der Waals surface area contributed by atoms with E-state index in [1.807, 2.05) is 26.8 Å². The van der Waals surface area contributed by atoms with Gasteiger partial charge in [-0.15, -0.1) is 0 Å². The molecule has 0 rings (SSSR count). The summed E-state index contributed by atoms with van der Waals surface area (Å²) in [6.07, 6.45) is 69.8. The Balaban J connectivity index is 4.78. The zero-order valence-electron chi connectivity index (χ0n) is 48.4. The number of hydrogen-bond donors (Lipinski definition) is 0. The van der Waals surface area contributed by atoms with Crippen molar-refractivity contribution in [2.24, 2.45) is 0 Å². The zero-order chi connectivity index (χ0) is 53.8. The van der Waals surface area contributed by atoms with Gasteiger partial charge in [-0.1, -0.05) is 132 Å². The van der Waals surface area contributed by atoms with E-state index >= 15 is 0 Å². The Bertz CT molecular complexity index is 1270. The minimum Gasteiger partial charge on any atom is -0.0882 e. The summed E-state index contributed by atoms with van der Waals surface area (Å²) in [5, 5.41) is 0. The van der Waals surface area contributed by atoms with Crippen LogP contribution in [0.3, 0.4) is 0 Å². The van der Waals surface area contributed by atoms with Gasteiger partial charge in [0.2, 0.25) is 0 Å². The van der Waals surface area contributed by atoms with Gasteiger partial charge in [0.1, 0.15) is 0 Å². The average molecular weight is 1190 g/mol. The molecule has 0 unspecified atom stereocenters. The Hall–Kier alpha value is -1.30. The van der Waals surface area contributed by atoms with Gasteiger partial charge >= 0.3 is 284 Å². The zero-order valence-corrected chi connectivity index (χ0v) is 53.7. The number of esters is 3. The molecule has 74 heavy (non-hydrogen) atoms. The smallest absolute Gasteiger partial charge is 0.0882 e. The van der Waals surface area contributed by atoms with Crippen molar-refractivity contribution in [3.8, 4) is 0 Å². The number of carbonyl (C=O) groups excluding carboxylic acids is 3. The van der Waals surface area contributed by atoms with Crippen molar-refractivity contribution < 1.29 is 28.6 Å². The van der Waals surface area contributed by atoms with E-state index < -0.39 is 14.2 Å². The summed E-state index contributed by atoms with van der Waals surface area (Å²) < 4.78 is 18.5. The van der Waals surface area contributed by atoms with Crippen molar-refractivity contribution >= 4 is 59.0 Å². The summed E-state index contributed by atoms with van der Waals surface area (Å²) >= 11 is -3.02. The minimum atomic E-state index is -3.02. The first-order chi connectivity index (χ1) is 36.4. The SMILES string of the molecule is CCCCC/C=C\C/C=C\CCCCCCCC(=O)OCC[S][Sn]([CH2]CCC)([S]CCOC(=O)CCCCCCC/C=C\C/C=C\CCCCC)[S]CCOC(=O)CCCCCCC/C=C\C/C=C\CCCCC. The van der Waals surface area contributed by atoms with E-state index in [9.17, 15) is 14.4 Å². The summed E-state index contributed by atoms with van der Waals surface area (Å²) in [7, 11) is 6.11. The van der Waals surface area contributed by atoms with E-state index in [2.05, 4.69) is 101 Å². The third-order valence-corrected chi connectivity index (χ3v) is 52.9. The molecule has 0 fully saturated rings. The fourth-order valence-corrected chi connectivity index (χ4v) is 46.6. The molecule has 0 N–H and O–H groups in total. The molecule has 6 nitrogen and oxygen atoms in total. The molecule has 0 bridgehead atoms. The molecule has 0 aliphatic rings. The maximum atomic E-state index is 12.7. The van der Waals surface area contributed by atoms with Gasteiger partial charge in [-0.3, -0.25) is 0 Å². The van der Waals surface area contributed by atoms with E-state index in [-0.39, 0.29) is 17.9 Å². The molecular formula is C64H114O6S3Sn. The number of rotatable bonds is 57. The number of allylic oxidation sites excluding steroid dienone is 12. The minimum absolute atomic E-state index is 0.0852. The standard InChI is InChI=1S/3C20H36O2S.C4H9.Sn/c3*1-2-3-4-5-6-7-8-9-10-11-12-13-14-15-16-17-20(21)22-18-19-23;1-3-4-2;/h3*6-7,9-10,23H,2-5,8,11-19H2,1H3;1,3-4H2,2H3;/q;;;;+3/p-3/b3*7-6-,10-9-;;. The van der Waals surface area contributed by atoms with Crippen molar-refractivity contribution in [3.63, 3.8) is 0 Å². The normalized spacial score (nSPS) is 12.3. The summed E-state index contributed by atoms with van der Waals surface area (Å²) in [4.78, 5) is 38.2. The van der Waals surface area contributed by atoms with E-state index in [0.29, 0.717) is 39.1 Å². The maximum absolute atomic E-state index is 12.7. The molecule has 10 heteroatoms. The quantitative estimate of drug-likeness (QED) is 0.0195. The monoisotopic (exact) mass is 1190 g/mol. The first-order valence-electron chi connectivity index (χ1n) is 30.7. The summed E-state index contributed by atoms with van der Waals surface area (Å²) in [5.74, 6) is 2.10. The summed E-state index contributed by atoms with van der Waals surface area (Å²) in [6.45, 7) is 10.3. The molecule has 0 aliphatic carbocycles. The van der Waals surface area contributed by atoms with Crippen LogP contribution in [0, 0.1) is 0 Å². The summed E-state index contributed by atoms with van der Waals surface area (Å²) in [5.41, 5.74) is 0. The van der Waals surface area contributed by atoms with E-state index in [4.69, 9.17) is 14.2 Å². The van der Waals surface area contributed by atoms with E-state index in [1.165, 1.54) is 120 Å². The van der Waals surface area contributed by atoms with Gasteiger partial charge in [-0.05, 0) is 57.8 Å². The molecule has 0 saturated carbocycles. The van der Waals surface area contributed by atoms with E-state index in [1.54, 1.807) is 0 Å². The predicted octanol–water partition coefficient (Wildman–Crippen LogP) is 21.0. The van der Waals surface area contributed by atoms with Gasteiger partial charge in [-0.2, -0.15) is 0 Å². The second-order valence-corrected chi connectivity index (χ2v) is 54.0. The van der Waals surface area contributed by atoms with Gasteiger partial charge in [0, 0.05) is 0 Å². The second kappa shape index (κ2) is 60.9. The van der Waals surface area contributed by atoms with Crippen molar-refractivity contribution in [2.45, 2.75) is 276 Å². The third kappa shape index (κ3) is 55.5. The van der Waals surface area contributed by atoms with E-state index in [0.717, 1.165) is 126 Å². The molecule has 0 amide bonds. The van der Waals surface area contributed by atoms with Crippen LogP contribution >= 0.6 is 26.8 Å². The Morgan fingerprint density at radius 3 is 0.824 bits per heavy atom. The first-order valence-corrected chi connectivity index (χ1v) is 46.2. The van der Waals surface area contributed by atoms with Gasteiger partial charge in [-0.25, -0.2) is 0 Å². The van der Waals surface area contributed by atoms with Crippen molar-refractivity contribution in [1.82, 2.24) is 0 Å². The van der Waals surface area contributed by atoms with Crippen molar-refractivity contribution in [1.29, 1.82) is 0 Å². The van der Waals surface area contributed by atoms with Crippen LogP contribution in [-0.4, -0.2) is 69.2 Å². The second-order valence-electron chi connectivity index (χ2n) is 19.9. The van der Waals surface area contributed by atoms with Crippen LogP contribution in [0.1, 0.15) is 272 Å². The summed E-state index contributed by atoms with van der Waals surface area (Å²) in [6, 6.07) is 0. The molecule has 0 aromatic carbocycles. The van der Waals surface area contributed by atoms with Crippen LogP contribution in [0.4, 0.5) is 0 Å². The number of unbranched alkanes of at least 4 members (excludes halogenated alkanes) is 25.